The molecule has 1 heterocycles. The number of aromatic nitrogens is 1. The Bertz CT molecular complexity index is 374. The molecule has 0 spiro atoms. The van der Waals surface area contributed by atoms with E-state index in [4.69, 9.17) is 23.2 Å². The summed E-state index contributed by atoms with van der Waals surface area (Å²) in [6.07, 6.45) is 2.94. The molecule has 0 unspecified atom stereocenters. The predicted molar refractivity (Wildman–Crippen MR) is 60.0 cm³/mol. The molecule has 0 amide bonds. The second-order valence-corrected chi connectivity index (χ2v) is 4.46. The van der Waals surface area contributed by atoms with Crippen LogP contribution in [0.3, 0.4) is 0 Å². The largest absolute Gasteiger partial charge is 0.240 e. The van der Waals surface area contributed by atoms with Gasteiger partial charge in [-0.2, -0.15) is 0 Å². The van der Waals surface area contributed by atoms with Crippen LogP contribution >= 0.6 is 45.8 Å². The van der Waals surface area contributed by atoms with Gasteiger partial charge in [0.25, 0.3) is 0 Å². The average Bonchev–Trinajstić information content (AvgIpc) is 2.31. The summed E-state index contributed by atoms with van der Waals surface area (Å²) in [5, 5.41) is 1.17. The molecule has 4 heteroatoms. The fraction of sp³-hybridized carbons (Fsp3) is 0.125. The lowest BCUT2D eigenvalue weighted by molar-refractivity contribution is 1.13. The van der Waals surface area contributed by atoms with E-state index < -0.39 is 0 Å². The molecule has 0 atom stereocenters. The standard InChI is InChI=1S/C8H4Cl2IN/c9-4-3-7(10)12-6-2-1-5(11)8(4)6/h1,3H,2H2. The van der Waals surface area contributed by atoms with Crippen molar-refractivity contribution in [2.24, 2.45) is 0 Å². The SMILES string of the molecule is Clc1cc(Cl)c2c(n1)CC=C2I. The van der Waals surface area contributed by atoms with Crippen LogP contribution in [0.15, 0.2) is 12.1 Å². The lowest BCUT2D eigenvalue weighted by atomic mass is 10.2. The molecule has 0 saturated heterocycles. The van der Waals surface area contributed by atoms with Gasteiger partial charge in [-0.15, -0.1) is 0 Å². The van der Waals surface area contributed by atoms with E-state index in [0.717, 1.165) is 21.3 Å². The van der Waals surface area contributed by atoms with Crippen LogP contribution in [0.1, 0.15) is 11.3 Å². The van der Waals surface area contributed by atoms with Crippen LogP contribution in [0.4, 0.5) is 0 Å². The second-order valence-electron chi connectivity index (χ2n) is 2.50. The van der Waals surface area contributed by atoms with E-state index >= 15 is 0 Å². The Morgan fingerprint density at radius 2 is 2.17 bits per heavy atom. The first-order valence-electron chi connectivity index (χ1n) is 3.39. The lowest BCUT2D eigenvalue weighted by Crippen LogP contribution is -1.89. The number of allylic oxidation sites excluding steroid dienone is 1. The second kappa shape index (κ2) is 3.16. The van der Waals surface area contributed by atoms with E-state index in [0.29, 0.717) is 10.2 Å². The highest BCUT2D eigenvalue weighted by molar-refractivity contribution is 14.1. The zero-order chi connectivity index (χ0) is 8.72. The van der Waals surface area contributed by atoms with Crippen molar-refractivity contribution in [2.45, 2.75) is 6.42 Å². The number of halogens is 3. The first-order valence-corrected chi connectivity index (χ1v) is 5.23. The highest BCUT2D eigenvalue weighted by atomic mass is 127. The topological polar surface area (TPSA) is 12.9 Å². The Hall–Kier alpha value is 0.200. The molecule has 0 aliphatic heterocycles. The third kappa shape index (κ3) is 1.36. The number of hydrogen-bond acceptors (Lipinski definition) is 1. The summed E-state index contributed by atoms with van der Waals surface area (Å²) >= 11 is 14.0. The van der Waals surface area contributed by atoms with E-state index in [1.54, 1.807) is 6.07 Å². The third-order valence-corrected chi connectivity index (χ3v) is 3.20. The highest BCUT2D eigenvalue weighted by Gasteiger charge is 2.17. The van der Waals surface area contributed by atoms with Crippen LogP contribution in [-0.4, -0.2) is 4.98 Å². The zero-order valence-corrected chi connectivity index (χ0v) is 9.61. The van der Waals surface area contributed by atoms with Gasteiger partial charge in [-0.05, 0) is 28.7 Å². The van der Waals surface area contributed by atoms with Gasteiger partial charge in [-0.25, -0.2) is 4.98 Å². The molecule has 0 saturated carbocycles. The zero-order valence-electron chi connectivity index (χ0n) is 5.94. The van der Waals surface area contributed by atoms with Gasteiger partial charge in [0.2, 0.25) is 0 Å². The summed E-state index contributed by atoms with van der Waals surface area (Å²) in [7, 11) is 0. The average molecular weight is 312 g/mol. The van der Waals surface area contributed by atoms with E-state index in [1.807, 2.05) is 0 Å². The Morgan fingerprint density at radius 1 is 1.42 bits per heavy atom. The fourth-order valence-electron chi connectivity index (χ4n) is 1.22. The van der Waals surface area contributed by atoms with Crippen LogP contribution in [0.25, 0.3) is 3.58 Å². The quantitative estimate of drug-likeness (QED) is 0.525. The highest BCUT2D eigenvalue weighted by Crippen LogP contribution is 2.37. The van der Waals surface area contributed by atoms with Crippen LogP contribution < -0.4 is 0 Å². The Balaban J connectivity index is 2.67. The molecule has 1 nitrogen and oxygen atoms in total. The molecule has 1 aromatic heterocycles. The molecule has 1 aliphatic rings. The Labute approximate surface area is 93.9 Å². The van der Waals surface area contributed by atoms with Gasteiger partial charge in [-0.3, -0.25) is 0 Å². The number of rotatable bonds is 0. The Morgan fingerprint density at radius 3 is 2.92 bits per heavy atom. The first-order chi connectivity index (χ1) is 5.68. The van der Waals surface area contributed by atoms with Crippen LogP contribution in [0, 0.1) is 0 Å². The minimum atomic E-state index is 0.471. The van der Waals surface area contributed by atoms with Crippen molar-refractivity contribution in [2.75, 3.05) is 0 Å². The van der Waals surface area contributed by atoms with Crippen molar-refractivity contribution in [1.82, 2.24) is 4.98 Å². The van der Waals surface area contributed by atoms with Crippen LogP contribution in [-0.2, 0) is 6.42 Å². The number of fused-ring (bicyclic) bond motifs is 1. The molecule has 0 aromatic carbocycles. The smallest absolute Gasteiger partial charge is 0.130 e. The van der Waals surface area contributed by atoms with Gasteiger partial charge in [0.15, 0.2) is 0 Å². The fourth-order valence-corrected chi connectivity index (χ4v) is 2.78. The van der Waals surface area contributed by atoms with Gasteiger partial charge < -0.3 is 0 Å². The van der Waals surface area contributed by atoms with Crippen LogP contribution in [0.5, 0.6) is 0 Å². The van der Waals surface area contributed by atoms with Crippen molar-refractivity contribution >= 4 is 49.4 Å². The van der Waals surface area contributed by atoms with Crippen molar-refractivity contribution < 1.29 is 0 Å². The molecule has 0 bridgehead atoms. The molecule has 2 rings (SSSR count). The molecular formula is C8H4Cl2IN. The van der Waals surface area contributed by atoms with Gasteiger partial charge >= 0.3 is 0 Å². The van der Waals surface area contributed by atoms with Gasteiger partial charge in [0.05, 0.1) is 10.7 Å². The molecule has 1 aromatic rings. The van der Waals surface area contributed by atoms with Crippen molar-refractivity contribution in [3.8, 4) is 0 Å². The van der Waals surface area contributed by atoms with Gasteiger partial charge in [-0.1, -0.05) is 29.3 Å². The lowest BCUT2D eigenvalue weighted by Gasteiger charge is -2.02. The maximum atomic E-state index is 6.00. The van der Waals surface area contributed by atoms with Crippen molar-refractivity contribution in [3.05, 3.63) is 33.6 Å². The number of nitrogens with zero attached hydrogens (tertiary/aromatic N) is 1. The molecular weight excluding hydrogens is 308 g/mol. The number of pyridine rings is 1. The minimum Gasteiger partial charge on any atom is -0.240 e. The summed E-state index contributed by atoms with van der Waals surface area (Å²) in [4.78, 5) is 4.19. The normalized spacial score (nSPS) is 14.4. The summed E-state index contributed by atoms with van der Waals surface area (Å²) in [5.41, 5.74) is 2.03. The van der Waals surface area contributed by atoms with E-state index in [2.05, 4.69) is 33.7 Å². The van der Waals surface area contributed by atoms with Crippen molar-refractivity contribution in [1.29, 1.82) is 0 Å². The first kappa shape index (κ1) is 8.78. The maximum Gasteiger partial charge on any atom is 0.130 e. The molecule has 1 aliphatic carbocycles. The monoisotopic (exact) mass is 311 g/mol. The number of hydrogen-bond donors (Lipinski definition) is 0. The molecule has 0 fully saturated rings. The third-order valence-electron chi connectivity index (χ3n) is 1.73. The molecule has 0 radical (unpaired) electrons. The van der Waals surface area contributed by atoms with Gasteiger partial charge in [0.1, 0.15) is 5.15 Å². The maximum absolute atomic E-state index is 6.00. The summed E-state index contributed by atoms with van der Waals surface area (Å²) in [5.74, 6) is 0. The summed E-state index contributed by atoms with van der Waals surface area (Å²) < 4.78 is 1.16. The summed E-state index contributed by atoms with van der Waals surface area (Å²) in [6.45, 7) is 0. The summed E-state index contributed by atoms with van der Waals surface area (Å²) in [6, 6.07) is 1.68. The van der Waals surface area contributed by atoms with E-state index in [9.17, 15) is 0 Å². The van der Waals surface area contributed by atoms with Crippen LogP contribution in [0.2, 0.25) is 10.2 Å². The molecule has 62 valence electrons. The van der Waals surface area contributed by atoms with Crippen molar-refractivity contribution in [3.63, 3.8) is 0 Å². The minimum absolute atomic E-state index is 0.471. The van der Waals surface area contributed by atoms with Gasteiger partial charge in [0, 0.05) is 15.6 Å². The predicted octanol–water partition coefficient (Wildman–Crippen LogP) is 3.72. The Kier molecular flexibility index (Phi) is 2.31. The van der Waals surface area contributed by atoms with E-state index in [-0.39, 0.29) is 0 Å². The van der Waals surface area contributed by atoms with E-state index in [1.165, 1.54) is 0 Å². The molecule has 0 N–H and O–H groups in total. The molecule has 12 heavy (non-hydrogen) atoms.